The molecule has 28 heavy (non-hydrogen) atoms. The lowest BCUT2D eigenvalue weighted by Crippen LogP contribution is -2.23. The fourth-order valence-corrected chi connectivity index (χ4v) is 4.03. The van der Waals surface area contributed by atoms with Crippen LogP contribution in [0.25, 0.3) is 22.0 Å². The molecule has 1 unspecified atom stereocenters. The fraction of sp³-hybridized carbons (Fsp3) is 0.318. The standard InChI is InChI=1S/C22H25FN4O/c1-13-5-4-6-18(23)22(13)15-9-19(25-16-7-8-27(3)12-16)17-11-21(24-14(2)28)26-20(17)10-15/h4-6,9-11,16,25-26H,7-8,12H2,1-3H3,(H,24,28). The highest BCUT2D eigenvalue weighted by Crippen LogP contribution is 2.36. The van der Waals surface area contributed by atoms with Gasteiger partial charge in [0.05, 0.1) is 0 Å². The van der Waals surface area contributed by atoms with Crippen LogP contribution in [-0.2, 0) is 4.79 Å². The summed E-state index contributed by atoms with van der Waals surface area (Å²) < 4.78 is 14.6. The monoisotopic (exact) mass is 380 g/mol. The number of H-pyrrole nitrogens is 1. The SMILES string of the molecule is CC(=O)Nc1cc2c(NC3CCN(C)C3)cc(-c3c(C)cccc3F)cc2[nH]1. The number of halogens is 1. The molecule has 1 fully saturated rings. The first kappa shape index (κ1) is 18.5. The molecule has 146 valence electrons. The second kappa shape index (κ2) is 7.28. The van der Waals surface area contributed by atoms with E-state index in [0.717, 1.165) is 47.2 Å². The zero-order valence-corrected chi connectivity index (χ0v) is 16.4. The zero-order chi connectivity index (χ0) is 19.8. The van der Waals surface area contributed by atoms with E-state index in [1.54, 1.807) is 6.07 Å². The first-order chi connectivity index (χ1) is 13.4. The van der Waals surface area contributed by atoms with Gasteiger partial charge in [-0.25, -0.2) is 4.39 Å². The van der Waals surface area contributed by atoms with Crippen molar-refractivity contribution in [1.29, 1.82) is 0 Å². The van der Waals surface area contributed by atoms with Gasteiger partial charge in [-0.15, -0.1) is 0 Å². The van der Waals surface area contributed by atoms with Crippen LogP contribution >= 0.6 is 0 Å². The highest BCUT2D eigenvalue weighted by Gasteiger charge is 2.21. The summed E-state index contributed by atoms with van der Waals surface area (Å²) in [5, 5.41) is 7.42. The second-order valence-electron chi connectivity index (χ2n) is 7.67. The molecule has 1 saturated heterocycles. The number of aromatic amines is 1. The highest BCUT2D eigenvalue weighted by molar-refractivity contribution is 6.01. The number of hydrogen-bond acceptors (Lipinski definition) is 3. The number of aromatic nitrogens is 1. The predicted octanol–water partition coefficient (Wildman–Crippen LogP) is 4.36. The molecule has 0 aliphatic carbocycles. The van der Waals surface area contributed by atoms with Crippen molar-refractivity contribution >= 4 is 28.3 Å². The molecule has 3 aromatic rings. The van der Waals surface area contributed by atoms with Gasteiger partial charge >= 0.3 is 0 Å². The molecule has 5 nitrogen and oxygen atoms in total. The van der Waals surface area contributed by atoms with Gasteiger partial charge in [-0.05, 0) is 62.3 Å². The maximum absolute atomic E-state index is 14.6. The smallest absolute Gasteiger partial charge is 0.222 e. The van der Waals surface area contributed by atoms with Crippen LogP contribution in [0, 0.1) is 12.7 Å². The van der Waals surface area contributed by atoms with E-state index in [-0.39, 0.29) is 11.7 Å². The second-order valence-corrected chi connectivity index (χ2v) is 7.67. The largest absolute Gasteiger partial charge is 0.380 e. The lowest BCUT2D eigenvalue weighted by molar-refractivity contribution is -0.114. The third-order valence-electron chi connectivity index (χ3n) is 5.31. The van der Waals surface area contributed by atoms with Gasteiger partial charge in [-0.3, -0.25) is 4.79 Å². The Balaban J connectivity index is 1.83. The van der Waals surface area contributed by atoms with Crippen molar-refractivity contribution < 1.29 is 9.18 Å². The van der Waals surface area contributed by atoms with Crippen molar-refractivity contribution in [3.05, 3.63) is 47.8 Å². The number of anilines is 2. The Bertz CT molecular complexity index is 1020. The molecule has 0 bridgehead atoms. The Morgan fingerprint density at radius 1 is 1.29 bits per heavy atom. The number of carbonyl (C=O) groups is 1. The van der Waals surface area contributed by atoms with Gasteiger partial charge in [0.15, 0.2) is 0 Å². The van der Waals surface area contributed by atoms with Crippen molar-refractivity contribution in [3.63, 3.8) is 0 Å². The fourth-order valence-electron chi connectivity index (χ4n) is 4.03. The Morgan fingerprint density at radius 2 is 2.11 bits per heavy atom. The summed E-state index contributed by atoms with van der Waals surface area (Å²) in [4.78, 5) is 17.0. The van der Waals surface area contributed by atoms with E-state index in [1.807, 2.05) is 31.2 Å². The minimum Gasteiger partial charge on any atom is -0.380 e. The number of likely N-dealkylation sites (N-methyl/N-ethyl adjacent to an activating group) is 1. The molecule has 2 heterocycles. The Labute approximate surface area is 163 Å². The average molecular weight is 380 g/mol. The quantitative estimate of drug-likeness (QED) is 0.630. The van der Waals surface area contributed by atoms with Crippen LogP contribution in [0.4, 0.5) is 15.9 Å². The molecule has 0 radical (unpaired) electrons. The van der Waals surface area contributed by atoms with E-state index < -0.39 is 0 Å². The minimum atomic E-state index is -0.237. The van der Waals surface area contributed by atoms with E-state index >= 15 is 0 Å². The summed E-state index contributed by atoms with van der Waals surface area (Å²) >= 11 is 0. The summed E-state index contributed by atoms with van der Waals surface area (Å²) in [6.45, 7) is 5.41. The molecule has 1 amide bonds. The topological polar surface area (TPSA) is 60.2 Å². The van der Waals surface area contributed by atoms with E-state index in [0.29, 0.717) is 17.4 Å². The molecule has 1 aliphatic heterocycles. The molecule has 6 heteroatoms. The van der Waals surface area contributed by atoms with Crippen LogP contribution < -0.4 is 10.6 Å². The predicted molar refractivity (Wildman–Crippen MR) is 112 cm³/mol. The van der Waals surface area contributed by atoms with Crippen molar-refractivity contribution in [1.82, 2.24) is 9.88 Å². The van der Waals surface area contributed by atoms with Crippen LogP contribution in [0.3, 0.4) is 0 Å². The molecule has 1 atom stereocenters. The van der Waals surface area contributed by atoms with Crippen molar-refractivity contribution in [3.8, 4) is 11.1 Å². The Hall–Kier alpha value is -2.86. The number of nitrogens with one attached hydrogen (secondary N) is 3. The van der Waals surface area contributed by atoms with Gasteiger partial charge in [0, 0.05) is 41.7 Å². The molecular formula is C22H25FN4O. The summed E-state index contributed by atoms with van der Waals surface area (Å²) in [7, 11) is 2.11. The van der Waals surface area contributed by atoms with Crippen LogP contribution in [0.2, 0.25) is 0 Å². The molecule has 2 aromatic carbocycles. The molecule has 0 spiro atoms. The minimum absolute atomic E-state index is 0.136. The number of rotatable bonds is 4. The van der Waals surface area contributed by atoms with Crippen LogP contribution in [0.15, 0.2) is 36.4 Å². The number of nitrogens with zero attached hydrogens (tertiary/aromatic N) is 1. The normalized spacial score (nSPS) is 17.2. The zero-order valence-electron chi connectivity index (χ0n) is 16.4. The third kappa shape index (κ3) is 3.60. The van der Waals surface area contributed by atoms with E-state index in [9.17, 15) is 9.18 Å². The van der Waals surface area contributed by atoms with Gasteiger partial charge in [-0.2, -0.15) is 0 Å². The van der Waals surface area contributed by atoms with E-state index in [4.69, 9.17) is 0 Å². The first-order valence-corrected chi connectivity index (χ1v) is 9.55. The molecule has 0 saturated carbocycles. The van der Waals surface area contributed by atoms with Gasteiger partial charge < -0.3 is 20.5 Å². The molecular weight excluding hydrogens is 355 g/mol. The van der Waals surface area contributed by atoms with Crippen LogP contribution in [-0.4, -0.2) is 42.0 Å². The summed E-state index contributed by atoms with van der Waals surface area (Å²) in [6.07, 6.45) is 1.06. The van der Waals surface area contributed by atoms with Crippen LogP contribution in [0.5, 0.6) is 0 Å². The molecule has 1 aromatic heterocycles. The van der Waals surface area contributed by atoms with Crippen molar-refractivity contribution in [2.75, 3.05) is 30.8 Å². The molecule has 4 rings (SSSR count). The average Bonchev–Trinajstić information content (AvgIpc) is 3.20. The lowest BCUT2D eigenvalue weighted by atomic mass is 9.98. The van der Waals surface area contributed by atoms with E-state index in [1.165, 1.54) is 13.0 Å². The number of hydrogen-bond donors (Lipinski definition) is 3. The third-order valence-corrected chi connectivity index (χ3v) is 5.31. The van der Waals surface area contributed by atoms with Crippen molar-refractivity contribution in [2.45, 2.75) is 26.3 Å². The maximum Gasteiger partial charge on any atom is 0.222 e. The lowest BCUT2D eigenvalue weighted by Gasteiger charge is -2.17. The molecule has 3 N–H and O–H groups in total. The van der Waals surface area contributed by atoms with Gasteiger partial charge in [0.25, 0.3) is 0 Å². The number of likely N-dealkylation sites (tertiary alicyclic amines) is 1. The highest BCUT2D eigenvalue weighted by atomic mass is 19.1. The van der Waals surface area contributed by atoms with Gasteiger partial charge in [0.2, 0.25) is 5.91 Å². The van der Waals surface area contributed by atoms with Gasteiger partial charge in [0.1, 0.15) is 11.6 Å². The summed E-state index contributed by atoms with van der Waals surface area (Å²) in [6, 6.07) is 11.3. The summed E-state index contributed by atoms with van der Waals surface area (Å²) in [5.41, 5.74) is 4.11. The van der Waals surface area contributed by atoms with Crippen molar-refractivity contribution in [2.24, 2.45) is 0 Å². The maximum atomic E-state index is 14.6. The summed E-state index contributed by atoms with van der Waals surface area (Å²) in [5.74, 6) is 0.264. The number of fused-ring (bicyclic) bond motifs is 1. The Kier molecular flexibility index (Phi) is 4.81. The molecule has 1 aliphatic rings. The van der Waals surface area contributed by atoms with E-state index in [2.05, 4.69) is 27.6 Å². The number of amides is 1. The Morgan fingerprint density at radius 3 is 2.79 bits per heavy atom. The number of benzene rings is 2. The van der Waals surface area contributed by atoms with Gasteiger partial charge in [-0.1, -0.05) is 12.1 Å². The number of carbonyl (C=O) groups excluding carboxylic acids is 1. The van der Waals surface area contributed by atoms with Crippen LogP contribution in [0.1, 0.15) is 18.9 Å². The number of aryl methyl sites for hydroxylation is 1. The first-order valence-electron chi connectivity index (χ1n) is 9.55.